The second-order valence-electron chi connectivity index (χ2n) is 9.50. The Labute approximate surface area is 205 Å². The van der Waals surface area contributed by atoms with Gasteiger partial charge in [0.1, 0.15) is 23.1 Å². The van der Waals surface area contributed by atoms with E-state index in [0.29, 0.717) is 42.8 Å². The first-order chi connectivity index (χ1) is 17.0. The first-order valence-corrected chi connectivity index (χ1v) is 12.4. The summed E-state index contributed by atoms with van der Waals surface area (Å²) in [7, 11) is 1.70. The van der Waals surface area contributed by atoms with Gasteiger partial charge in [-0.1, -0.05) is 6.07 Å². The minimum atomic E-state index is -1.45. The molecule has 1 saturated heterocycles. The first kappa shape index (κ1) is 25.7. The van der Waals surface area contributed by atoms with Gasteiger partial charge in [-0.3, -0.25) is 0 Å². The molecule has 2 aromatic rings. The van der Waals surface area contributed by atoms with Crippen LogP contribution in [0.4, 0.5) is 24.7 Å². The summed E-state index contributed by atoms with van der Waals surface area (Å²) in [6, 6.07) is 6.72. The lowest BCUT2D eigenvalue weighted by molar-refractivity contribution is -0.00117. The van der Waals surface area contributed by atoms with Crippen molar-refractivity contribution in [1.82, 2.24) is 10.3 Å². The lowest BCUT2D eigenvalue weighted by Gasteiger charge is -2.30. The Hall–Kier alpha value is -2.36. The molecule has 2 aliphatic rings. The quantitative estimate of drug-likeness (QED) is 0.410. The highest BCUT2D eigenvalue weighted by atomic mass is 19.1. The van der Waals surface area contributed by atoms with E-state index >= 15 is 0 Å². The molecule has 0 spiro atoms. The molecular formula is C26H35F3N4O2. The largest absolute Gasteiger partial charge is 0.383 e. The Kier molecular flexibility index (Phi) is 8.86. The molecule has 192 valence electrons. The van der Waals surface area contributed by atoms with E-state index in [1.165, 1.54) is 24.4 Å². The van der Waals surface area contributed by atoms with E-state index in [-0.39, 0.29) is 31.1 Å². The van der Waals surface area contributed by atoms with E-state index in [2.05, 4.69) is 20.9 Å². The van der Waals surface area contributed by atoms with Gasteiger partial charge in [0.15, 0.2) is 0 Å². The molecule has 0 radical (unpaired) electrons. The number of alkyl halides is 1. The highest BCUT2D eigenvalue weighted by Gasteiger charge is 2.32. The van der Waals surface area contributed by atoms with Gasteiger partial charge in [-0.05, 0) is 49.4 Å². The van der Waals surface area contributed by atoms with Crippen molar-refractivity contribution >= 4 is 11.5 Å². The standard InChI is InChI=1S/C26H35F3N4O2/c1-34-13-10-30-19-3-5-20(6-4-19)33-25-15-21(23(28)16-31-25)18-2-7-22(27)24(14-18)32-17-26(29)8-11-35-12-9-26/h2,7,14-16,19-20,30,32H,3-6,8-13,17H2,1H3,(H,31,33)/t19-,20-. The fourth-order valence-corrected chi connectivity index (χ4v) is 4.75. The summed E-state index contributed by atoms with van der Waals surface area (Å²) in [6.45, 7) is 2.23. The molecule has 1 saturated carbocycles. The van der Waals surface area contributed by atoms with Gasteiger partial charge in [-0.25, -0.2) is 18.2 Å². The third-order valence-corrected chi connectivity index (χ3v) is 6.94. The van der Waals surface area contributed by atoms with Gasteiger partial charge in [-0.15, -0.1) is 0 Å². The second kappa shape index (κ2) is 12.1. The monoisotopic (exact) mass is 492 g/mol. The van der Waals surface area contributed by atoms with Gasteiger partial charge in [0, 0.05) is 63.9 Å². The van der Waals surface area contributed by atoms with Crippen molar-refractivity contribution in [3.05, 3.63) is 42.1 Å². The van der Waals surface area contributed by atoms with Crippen LogP contribution in [0.25, 0.3) is 11.1 Å². The number of pyridine rings is 1. The molecule has 1 aromatic heterocycles. The molecule has 3 N–H and O–H groups in total. The van der Waals surface area contributed by atoms with E-state index in [1.807, 2.05) is 0 Å². The van der Waals surface area contributed by atoms with Crippen molar-refractivity contribution < 1.29 is 22.6 Å². The second-order valence-corrected chi connectivity index (χ2v) is 9.50. The zero-order valence-corrected chi connectivity index (χ0v) is 20.2. The van der Waals surface area contributed by atoms with Crippen molar-refractivity contribution in [3.8, 4) is 11.1 Å². The van der Waals surface area contributed by atoms with Crippen LogP contribution in [0.3, 0.4) is 0 Å². The molecule has 1 aliphatic carbocycles. The van der Waals surface area contributed by atoms with E-state index in [4.69, 9.17) is 9.47 Å². The third-order valence-electron chi connectivity index (χ3n) is 6.94. The van der Waals surface area contributed by atoms with Crippen LogP contribution in [0.1, 0.15) is 38.5 Å². The van der Waals surface area contributed by atoms with Crippen LogP contribution in [0.5, 0.6) is 0 Å². The minimum absolute atomic E-state index is 0.0225. The summed E-state index contributed by atoms with van der Waals surface area (Å²) in [5.74, 6) is -0.417. The molecule has 1 aromatic carbocycles. The highest BCUT2D eigenvalue weighted by molar-refractivity contribution is 5.71. The van der Waals surface area contributed by atoms with Crippen LogP contribution in [0, 0.1) is 11.6 Å². The van der Waals surface area contributed by atoms with Gasteiger partial charge < -0.3 is 25.4 Å². The van der Waals surface area contributed by atoms with Gasteiger partial charge in [0.2, 0.25) is 0 Å². The molecule has 35 heavy (non-hydrogen) atoms. The van der Waals surface area contributed by atoms with Crippen LogP contribution in [0.2, 0.25) is 0 Å². The SMILES string of the molecule is COCCN[C@H]1CC[C@H](Nc2cc(-c3ccc(F)c(NCC4(F)CCOCC4)c3)c(F)cn2)CC1. The number of hydrogen-bond donors (Lipinski definition) is 3. The Balaban J connectivity index is 1.40. The van der Waals surface area contributed by atoms with Gasteiger partial charge in [0.25, 0.3) is 0 Å². The van der Waals surface area contributed by atoms with Crippen LogP contribution in [0.15, 0.2) is 30.5 Å². The Morgan fingerprint density at radius 2 is 1.80 bits per heavy atom. The maximum Gasteiger partial charge on any atom is 0.149 e. The van der Waals surface area contributed by atoms with Crippen LogP contribution < -0.4 is 16.0 Å². The summed E-state index contributed by atoms with van der Waals surface area (Å²) < 4.78 is 54.4. The van der Waals surface area contributed by atoms with Crippen molar-refractivity contribution in [1.29, 1.82) is 0 Å². The summed E-state index contributed by atoms with van der Waals surface area (Å²) in [6.07, 6.45) is 5.78. The third kappa shape index (κ3) is 7.08. The summed E-state index contributed by atoms with van der Waals surface area (Å²) in [5, 5.41) is 9.81. The number of aromatic nitrogens is 1. The maximum atomic E-state index is 14.9. The number of nitrogens with one attached hydrogen (secondary N) is 3. The number of halogens is 3. The van der Waals surface area contributed by atoms with Crippen LogP contribution in [-0.2, 0) is 9.47 Å². The zero-order chi connectivity index (χ0) is 24.7. The highest BCUT2D eigenvalue weighted by Crippen LogP contribution is 2.31. The molecule has 2 heterocycles. The molecule has 0 amide bonds. The van der Waals surface area contributed by atoms with Crippen molar-refractivity contribution in [2.45, 2.75) is 56.3 Å². The summed E-state index contributed by atoms with van der Waals surface area (Å²) in [5.41, 5.74) is -0.474. The summed E-state index contributed by atoms with van der Waals surface area (Å²) >= 11 is 0. The molecule has 0 bridgehead atoms. The molecule has 2 fully saturated rings. The van der Waals surface area contributed by atoms with Gasteiger partial charge in [0.05, 0.1) is 18.5 Å². The smallest absolute Gasteiger partial charge is 0.149 e. The fourth-order valence-electron chi connectivity index (χ4n) is 4.75. The number of methoxy groups -OCH3 is 1. The summed E-state index contributed by atoms with van der Waals surface area (Å²) in [4.78, 5) is 4.22. The van der Waals surface area contributed by atoms with E-state index in [1.54, 1.807) is 13.2 Å². The molecule has 1 aliphatic heterocycles. The van der Waals surface area contributed by atoms with E-state index < -0.39 is 17.3 Å². The lowest BCUT2D eigenvalue weighted by atomic mass is 9.91. The van der Waals surface area contributed by atoms with E-state index in [9.17, 15) is 13.2 Å². The van der Waals surface area contributed by atoms with Crippen molar-refractivity contribution in [2.24, 2.45) is 0 Å². The Morgan fingerprint density at radius 3 is 2.54 bits per heavy atom. The number of rotatable bonds is 10. The molecule has 0 unspecified atom stereocenters. The molecule has 6 nitrogen and oxygen atoms in total. The predicted molar refractivity (Wildman–Crippen MR) is 132 cm³/mol. The number of anilines is 2. The van der Waals surface area contributed by atoms with Gasteiger partial charge in [-0.2, -0.15) is 0 Å². The van der Waals surface area contributed by atoms with Crippen molar-refractivity contribution in [3.63, 3.8) is 0 Å². The average Bonchev–Trinajstić information content (AvgIpc) is 2.86. The first-order valence-electron chi connectivity index (χ1n) is 12.4. The minimum Gasteiger partial charge on any atom is -0.383 e. The molecule has 0 atom stereocenters. The Morgan fingerprint density at radius 1 is 1.06 bits per heavy atom. The predicted octanol–water partition coefficient (Wildman–Crippen LogP) is 4.92. The van der Waals surface area contributed by atoms with Crippen LogP contribution >= 0.6 is 0 Å². The Bertz CT molecular complexity index is 964. The lowest BCUT2D eigenvalue weighted by Crippen LogP contribution is -2.38. The molecule has 9 heteroatoms. The fraction of sp³-hybridized carbons (Fsp3) is 0.577. The van der Waals surface area contributed by atoms with Crippen LogP contribution in [-0.4, -0.2) is 62.8 Å². The topological polar surface area (TPSA) is 67.4 Å². The van der Waals surface area contributed by atoms with Gasteiger partial charge >= 0.3 is 0 Å². The number of hydrogen-bond acceptors (Lipinski definition) is 6. The molecular weight excluding hydrogens is 457 g/mol. The number of benzene rings is 1. The molecule has 4 rings (SSSR count). The zero-order valence-electron chi connectivity index (χ0n) is 20.2. The number of nitrogens with zero attached hydrogens (tertiary/aromatic N) is 1. The van der Waals surface area contributed by atoms with E-state index in [0.717, 1.165) is 32.2 Å². The maximum absolute atomic E-state index is 14.9. The number of ether oxygens (including phenoxy) is 2. The normalized spacial score (nSPS) is 22.1. The average molecular weight is 493 g/mol. The van der Waals surface area contributed by atoms with Crippen molar-refractivity contribution in [2.75, 3.05) is 50.7 Å².